The van der Waals surface area contributed by atoms with Crippen molar-refractivity contribution in [2.75, 3.05) is 6.61 Å². The predicted octanol–water partition coefficient (Wildman–Crippen LogP) is 2.30. The number of nitrogens with two attached hydrogens (primary N) is 1. The molecule has 1 fully saturated rings. The third-order valence-electron chi connectivity index (χ3n) is 3.33. The minimum absolute atomic E-state index is 0.204. The van der Waals surface area contributed by atoms with Crippen LogP contribution in [0.2, 0.25) is 0 Å². The molecule has 3 heteroatoms. The number of ether oxygens (including phenoxy) is 1. The van der Waals surface area contributed by atoms with E-state index in [1.165, 1.54) is 19.3 Å². The average Bonchev–Trinajstić information content (AvgIpc) is 2.39. The second-order valence-corrected chi connectivity index (χ2v) is 4.85. The van der Waals surface area contributed by atoms with Gasteiger partial charge in [-0.2, -0.15) is 0 Å². The Morgan fingerprint density at radius 1 is 1.41 bits per heavy atom. The maximum absolute atomic E-state index is 6.13. The summed E-state index contributed by atoms with van der Waals surface area (Å²) in [6, 6.07) is 6.19. The predicted molar refractivity (Wildman–Crippen MR) is 68.7 cm³/mol. The van der Waals surface area contributed by atoms with Crippen molar-refractivity contribution < 1.29 is 4.74 Å². The molecule has 17 heavy (non-hydrogen) atoms. The van der Waals surface area contributed by atoms with E-state index in [4.69, 9.17) is 10.5 Å². The number of nitrogens with zero attached hydrogens (tertiary/aromatic N) is 1. The van der Waals surface area contributed by atoms with Gasteiger partial charge in [-0.15, -0.1) is 0 Å². The van der Waals surface area contributed by atoms with E-state index in [-0.39, 0.29) is 6.04 Å². The highest BCUT2D eigenvalue weighted by Gasteiger charge is 2.15. The van der Waals surface area contributed by atoms with E-state index in [9.17, 15) is 0 Å². The van der Waals surface area contributed by atoms with Crippen molar-refractivity contribution in [1.82, 2.24) is 4.98 Å². The van der Waals surface area contributed by atoms with Crippen molar-refractivity contribution in [3.05, 3.63) is 30.1 Å². The van der Waals surface area contributed by atoms with Crippen LogP contribution in [0.1, 0.15) is 37.8 Å². The van der Waals surface area contributed by atoms with Crippen molar-refractivity contribution in [2.45, 2.75) is 50.7 Å². The second kappa shape index (κ2) is 6.72. The Kier molecular flexibility index (Phi) is 4.95. The fourth-order valence-corrected chi connectivity index (χ4v) is 2.32. The van der Waals surface area contributed by atoms with Gasteiger partial charge in [0.1, 0.15) is 0 Å². The summed E-state index contributed by atoms with van der Waals surface area (Å²) in [5.74, 6) is 0. The van der Waals surface area contributed by atoms with E-state index in [0.29, 0.717) is 6.10 Å². The molecule has 0 bridgehead atoms. The number of aromatic nitrogens is 1. The molecule has 2 unspecified atom stereocenters. The third kappa shape index (κ3) is 4.44. The van der Waals surface area contributed by atoms with Crippen molar-refractivity contribution >= 4 is 0 Å². The first-order chi connectivity index (χ1) is 8.34. The van der Waals surface area contributed by atoms with Crippen molar-refractivity contribution in [3.63, 3.8) is 0 Å². The molecule has 94 valence electrons. The van der Waals surface area contributed by atoms with Crippen LogP contribution in [0, 0.1) is 0 Å². The molecule has 2 heterocycles. The van der Waals surface area contributed by atoms with Crippen LogP contribution in [-0.2, 0) is 11.2 Å². The fourth-order valence-electron chi connectivity index (χ4n) is 2.32. The van der Waals surface area contributed by atoms with Gasteiger partial charge in [0, 0.05) is 31.0 Å². The minimum atomic E-state index is 0.204. The molecule has 2 rings (SSSR count). The van der Waals surface area contributed by atoms with Gasteiger partial charge in [-0.25, -0.2) is 0 Å². The molecular weight excluding hydrogens is 212 g/mol. The first-order valence-corrected chi connectivity index (χ1v) is 6.61. The van der Waals surface area contributed by atoms with E-state index in [2.05, 4.69) is 4.98 Å². The molecule has 3 nitrogen and oxygen atoms in total. The molecule has 0 spiro atoms. The summed E-state index contributed by atoms with van der Waals surface area (Å²) in [6.07, 6.45) is 8.99. The Bertz CT molecular complexity index is 309. The smallest absolute Gasteiger partial charge is 0.0575 e. The summed E-state index contributed by atoms with van der Waals surface area (Å²) in [5, 5.41) is 0. The molecular formula is C14H22N2O. The van der Waals surface area contributed by atoms with Gasteiger partial charge >= 0.3 is 0 Å². The molecule has 2 N–H and O–H groups in total. The van der Waals surface area contributed by atoms with Crippen molar-refractivity contribution in [1.29, 1.82) is 0 Å². The Labute approximate surface area is 103 Å². The van der Waals surface area contributed by atoms with Gasteiger partial charge in [-0.05, 0) is 44.2 Å². The SMILES string of the molecule is NC(CCC1CCCCO1)Cc1ccccn1. The number of pyridine rings is 1. The molecule has 0 aliphatic carbocycles. The number of hydrogen-bond donors (Lipinski definition) is 1. The highest BCUT2D eigenvalue weighted by molar-refractivity contribution is 5.04. The summed E-state index contributed by atoms with van der Waals surface area (Å²) in [5.41, 5.74) is 7.21. The normalized spacial score (nSPS) is 22.3. The van der Waals surface area contributed by atoms with Crippen LogP contribution in [0.25, 0.3) is 0 Å². The van der Waals surface area contributed by atoms with Crippen molar-refractivity contribution in [3.8, 4) is 0 Å². The molecule has 0 aromatic carbocycles. The maximum Gasteiger partial charge on any atom is 0.0575 e. The lowest BCUT2D eigenvalue weighted by atomic mass is 9.99. The van der Waals surface area contributed by atoms with Gasteiger partial charge in [-0.3, -0.25) is 4.98 Å². The Morgan fingerprint density at radius 2 is 2.35 bits per heavy atom. The average molecular weight is 234 g/mol. The lowest BCUT2D eigenvalue weighted by Gasteiger charge is -2.23. The highest BCUT2D eigenvalue weighted by atomic mass is 16.5. The number of hydrogen-bond acceptors (Lipinski definition) is 3. The van der Waals surface area contributed by atoms with E-state index in [1.54, 1.807) is 0 Å². The number of rotatable bonds is 5. The molecule has 0 amide bonds. The quantitative estimate of drug-likeness (QED) is 0.850. The molecule has 1 aromatic heterocycles. The largest absolute Gasteiger partial charge is 0.378 e. The standard InChI is InChI=1S/C14H22N2O/c15-12(11-13-5-1-3-9-16-13)7-8-14-6-2-4-10-17-14/h1,3,5,9,12,14H,2,4,6-8,10-11,15H2. The summed E-state index contributed by atoms with van der Waals surface area (Å²) in [4.78, 5) is 4.30. The highest BCUT2D eigenvalue weighted by Crippen LogP contribution is 2.18. The van der Waals surface area contributed by atoms with E-state index < -0.39 is 0 Å². The lowest BCUT2D eigenvalue weighted by molar-refractivity contribution is 0.00914. The molecule has 0 saturated carbocycles. The topological polar surface area (TPSA) is 48.1 Å². The van der Waals surface area contributed by atoms with Gasteiger partial charge < -0.3 is 10.5 Å². The van der Waals surface area contributed by atoms with Gasteiger partial charge in [0.05, 0.1) is 6.10 Å². The van der Waals surface area contributed by atoms with Gasteiger partial charge in [-0.1, -0.05) is 6.07 Å². The zero-order valence-electron chi connectivity index (χ0n) is 10.3. The molecule has 1 aliphatic heterocycles. The van der Waals surface area contributed by atoms with Crippen LogP contribution in [0.15, 0.2) is 24.4 Å². The summed E-state index contributed by atoms with van der Waals surface area (Å²) in [6.45, 7) is 0.931. The molecule has 0 radical (unpaired) electrons. The first kappa shape index (κ1) is 12.5. The zero-order chi connectivity index (χ0) is 11.9. The molecule has 1 saturated heterocycles. The first-order valence-electron chi connectivity index (χ1n) is 6.61. The molecule has 1 aliphatic rings. The Morgan fingerprint density at radius 3 is 3.06 bits per heavy atom. The summed E-state index contributed by atoms with van der Waals surface area (Å²) in [7, 11) is 0. The van der Waals surface area contributed by atoms with Crippen molar-refractivity contribution in [2.24, 2.45) is 5.73 Å². The zero-order valence-corrected chi connectivity index (χ0v) is 10.3. The van der Waals surface area contributed by atoms with E-state index >= 15 is 0 Å². The summed E-state index contributed by atoms with van der Waals surface area (Å²) >= 11 is 0. The maximum atomic E-state index is 6.13. The van der Waals surface area contributed by atoms with Crippen LogP contribution in [0.5, 0.6) is 0 Å². The Balaban J connectivity index is 1.68. The second-order valence-electron chi connectivity index (χ2n) is 4.85. The monoisotopic (exact) mass is 234 g/mol. The van der Waals surface area contributed by atoms with Crippen LogP contribution in [-0.4, -0.2) is 23.7 Å². The van der Waals surface area contributed by atoms with Gasteiger partial charge in [0.15, 0.2) is 0 Å². The molecule has 2 atom stereocenters. The Hall–Kier alpha value is -0.930. The third-order valence-corrected chi connectivity index (χ3v) is 3.33. The fraction of sp³-hybridized carbons (Fsp3) is 0.643. The van der Waals surface area contributed by atoms with Crippen LogP contribution < -0.4 is 5.73 Å². The van der Waals surface area contributed by atoms with Crippen LogP contribution in [0.3, 0.4) is 0 Å². The van der Waals surface area contributed by atoms with Gasteiger partial charge in [0.2, 0.25) is 0 Å². The summed E-state index contributed by atoms with van der Waals surface area (Å²) < 4.78 is 5.71. The molecule has 1 aromatic rings. The van der Waals surface area contributed by atoms with E-state index in [1.807, 2.05) is 24.4 Å². The van der Waals surface area contributed by atoms with E-state index in [0.717, 1.165) is 31.6 Å². The lowest BCUT2D eigenvalue weighted by Crippen LogP contribution is -2.27. The van der Waals surface area contributed by atoms with Crippen LogP contribution >= 0.6 is 0 Å². The minimum Gasteiger partial charge on any atom is -0.378 e. The van der Waals surface area contributed by atoms with Crippen LogP contribution in [0.4, 0.5) is 0 Å². The van der Waals surface area contributed by atoms with Gasteiger partial charge in [0.25, 0.3) is 0 Å².